The number of rotatable bonds is 10. The molecule has 0 bridgehead atoms. The van der Waals surface area contributed by atoms with Crippen molar-refractivity contribution in [2.24, 2.45) is 16.8 Å². The van der Waals surface area contributed by atoms with Gasteiger partial charge in [0.25, 0.3) is 0 Å². The van der Waals surface area contributed by atoms with Gasteiger partial charge in [0.05, 0.1) is 22.7 Å². The fourth-order valence-electron chi connectivity index (χ4n) is 4.32. The van der Waals surface area contributed by atoms with Gasteiger partial charge in [0, 0.05) is 18.3 Å². The van der Waals surface area contributed by atoms with Gasteiger partial charge in [-0.2, -0.15) is 0 Å². The molecule has 1 aromatic heterocycles. The van der Waals surface area contributed by atoms with Gasteiger partial charge >= 0.3 is 0 Å². The monoisotopic (exact) mass is 526 g/mol. The Morgan fingerprint density at radius 3 is 2.56 bits per heavy atom. The lowest BCUT2D eigenvalue weighted by molar-refractivity contribution is -0.138. The summed E-state index contributed by atoms with van der Waals surface area (Å²) in [6.45, 7) is 8.55. The molecule has 2 aromatic rings. The quantitative estimate of drug-likeness (QED) is 0.421. The van der Waals surface area contributed by atoms with E-state index in [0.717, 1.165) is 28.1 Å². The van der Waals surface area contributed by atoms with Gasteiger partial charge in [-0.05, 0) is 60.9 Å². The van der Waals surface area contributed by atoms with E-state index in [1.165, 1.54) is 0 Å². The van der Waals surface area contributed by atoms with Crippen molar-refractivity contribution < 1.29 is 9.59 Å². The molecule has 4 atom stereocenters. The highest BCUT2D eigenvalue weighted by Crippen LogP contribution is 2.35. The first-order chi connectivity index (χ1) is 17.3. The number of likely N-dealkylation sites (tertiary alicyclic amines) is 1. The second-order valence-corrected chi connectivity index (χ2v) is 11.2. The second kappa shape index (κ2) is 13.2. The van der Waals surface area contributed by atoms with E-state index < -0.39 is 6.04 Å². The molecule has 0 spiro atoms. The van der Waals surface area contributed by atoms with Crippen LogP contribution in [-0.4, -0.2) is 60.9 Å². The smallest absolute Gasteiger partial charge is 0.245 e. The molecular weight excluding hydrogens is 488 g/mol. The molecule has 1 aliphatic rings. The van der Waals surface area contributed by atoms with Crippen LogP contribution in [0.4, 0.5) is 0 Å². The highest BCUT2D eigenvalue weighted by molar-refractivity contribution is 8.01. The van der Waals surface area contributed by atoms with Crippen molar-refractivity contribution in [3.8, 4) is 11.1 Å². The maximum Gasteiger partial charge on any atom is 0.245 e. The number of hydrogen-bond donors (Lipinski definition) is 2. The van der Waals surface area contributed by atoms with E-state index in [1.54, 1.807) is 37.1 Å². The van der Waals surface area contributed by atoms with Gasteiger partial charge in [0.1, 0.15) is 6.04 Å². The van der Waals surface area contributed by atoms with E-state index >= 15 is 0 Å². The third-order valence-corrected chi connectivity index (χ3v) is 8.08. The first-order valence-corrected chi connectivity index (χ1v) is 14.6. The SMILES string of the molecule is CN[C@@H](C)C(=O)NC(C(=O)N1CC[C@H](C)[C@H]1C=N/C(=C\SC)c1sccc1-c1ccccc1)C(C)C. The van der Waals surface area contributed by atoms with Crippen LogP contribution in [0.25, 0.3) is 16.8 Å². The lowest BCUT2D eigenvalue weighted by atomic mass is 10.0. The molecule has 0 radical (unpaired) electrons. The fourth-order valence-corrected chi connectivity index (χ4v) is 5.68. The zero-order chi connectivity index (χ0) is 26.2. The first kappa shape index (κ1) is 28.2. The minimum absolute atomic E-state index is 0.0227. The molecule has 1 saturated heterocycles. The number of hydrogen-bond acceptors (Lipinski definition) is 6. The summed E-state index contributed by atoms with van der Waals surface area (Å²) in [5.41, 5.74) is 3.22. The van der Waals surface area contributed by atoms with Crippen molar-refractivity contribution in [2.75, 3.05) is 19.8 Å². The van der Waals surface area contributed by atoms with Crippen LogP contribution in [0, 0.1) is 11.8 Å². The van der Waals surface area contributed by atoms with Crippen molar-refractivity contribution in [3.63, 3.8) is 0 Å². The number of carbonyl (C=O) groups excluding carboxylic acids is 2. The maximum absolute atomic E-state index is 13.6. The maximum atomic E-state index is 13.6. The van der Waals surface area contributed by atoms with Crippen LogP contribution < -0.4 is 10.6 Å². The summed E-state index contributed by atoms with van der Waals surface area (Å²) >= 11 is 3.29. The summed E-state index contributed by atoms with van der Waals surface area (Å²) < 4.78 is 0. The number of thioether (sulfide) groups is 1. The molecule has 1 aromatic carbocycles. The van der Waals surface area contributed by atoms with Gasteiger partial charge in [-0.25, -0.2) is 0 Å². The molecule has 2 N–H and O–H groups in total. The Morgan fingerprint density at radius 1 is 1.19 bits per heavy atom. The Balaban J connectivity index is 1.85. The summed E-state index contributed by atoms with van der Waals surface area (Å²) in [5.74, 6) is 0.0488. The molecule has 36 heavy (non-hydrogen) atoms. The minimum Gasteiger partial charge on any atom is -0.343 e. The number of benzene rings is 1. The zero-order valence-electron chi connectivity index (χ0n) is 22.0. The van der Waals surface area contributed by atoms with E-state index in [9.17, 15) is 9.59 Å². The predicted molar refractivity (Wildman–Crippen MR) is 154 cm³/mol. The predicted octanol–water partition coefficient (Wildman–Crippen LogP) is 5.13. The van der Waals surface area contributed by atoms with Crippen LogP contribution in [0.3, 0.4) is 0 Å². The van der Waals surface area contributed by atoms with Crippen LogP contribution >= 0.6 is 23.1 Å². The summed E-state index contributed by atoms with van der Waals surface area (Å²) in [7, 11) is 1.74. The molecule has 1 aliphatic heterocycles. The first-order valence-electron chi connectivity index (χ1n) is 12.5. The number of amides is 2. The van der Waals surface area contributed by atoms with Gasteiger partial charge in [0.2, 0.25) is 11.8 Å². The van der Waals surface area contributed by atoms with Gasteiger partial charge in [-0.3, -0.25) is 14.6 Å². The Bertz CT molecular complexity index is 1080. The molecular formula is C28H38N4O2S2. The third kappa shape index (κ3) is 6.66. The molecule has 2 amide bonds. The summed E-state index contributed by atoms with van der Waals surface area (Å²) in [4.78, 5) is 34.1. The largest absolute Gasteiger partial charge is 0.343 e. The minimum atomic E-state index is -0.572. The second-order valence-electron chi connectivity index (χ2n) is 9.58. The average Bonchev–Trinajstić information content (AvgIpc) is 3.51. The van der Waals surface area contributed by atoms with Crippen LogP contribution in [0.15, 0.2) is 52.2 Å². The van der Waals surface area contributed by atoms with E-state index in [0.29, 0.717) is 6.54 Å². The molecule has 8 heteroatoms. The van der Waals surface area contributed by atoms with Gasteiger partial charge in [0.15, 0.2) is 0 Å². The van der Waals surface area contributed by atoms with Crippen molar-refractivity contribution in [3.05, 3.63) is 52.1 Å². The van der Waals surface area contributed by atoms with Crippen molar-refractivity contribution in [2.45, 2.75) is 52.2 Å². The number of thiophene rings is 1. The summed E-state index contributed by atoms with van der Waals surface area (Å²) in [6.07, 6.45) is 4.87. The van der Waals surface area contributed by atoms with E-state index in [-0.39, 0.29) is 35.7 Å². The molecule has 0 saturated carbocycles. The number of likely N-dealkylation sites (N-methyl/N-ethyl adjacent to an activating group) is 1. The zero-order valence-corrected chi connectivity index (χ0v) is 23.7. The van der Waals surface area contributed by atoms with Crippen LogP contribution in [0.5, 0.6) is 0 Å². The Labute approximate surface area is 223 Å². The van der Waals surface area contributed by atoms with Gasteiger partial charge in [-0.15, -0.1) is 23.1 Å². The Kier molecular flexibility index (Phi) is 10.3. The van der Waals surface area contributed by atoms with E-state index in [1.807, 2.05) is 49.4 Å². The molecule has 3 rings (SSSR count). The van der Waals surface area contributed by atoms with Crippen LogP contribution in [0.1, 0.15) is 39.0 Å². The fraction of sp³-hybridized carbons (Fsp3) is 0.464. The summed E-state index contributed by atoms with van der Waals surface area (Å²) in [5, 5.41) is 10.1. The molecule has 194 valence electrons. The van der Waals surface area contributed by atoms with Gasteiger partial charge in [-0.1, -0.05) is 51.1 Å². The van der Waals surface area contributed by atoms with E-state index in [4.69, 9.17) is 4.99 Å². The lowest BCUT2D eigenvalue weighted by Gasteiger charge is -2.31. The average molecular weight is 527 g/mol. The number of aliphatic imine (C=N–C) groups is 1. The molecule has 2 heterocycles. The highest BCUT2D eigenvalue weighted by atomic mass is 32.2. The standard InChI is InChI=1S/C28H38N4O2S2/c1-18(2)25(31-27(33)20(4)29-5)28(34)32-14-12-19(3)24(32)16-30-23(17-35-6)26-22(13-15-36-26)21-10-8-7-9-11-21/h7-11,13,15-20,24-25,29H,12,14H2,1-6H3,(H,31,33)/b23-17-,30-16?/t19-,20-,24+,25?/m0/s1. The van der Waals surface area contributed by atoms with Crippen LogP contribution in [-0.2, 0) is 9.59 Å². The van der Waals surface area contributed by atoms with Gasteiger partial charge < -0.3 is 15.5 Å². The van der Waals surface area contributed by atoms with Crippen LogP contribution in [0.2, 0.25) is 0 Å². The molecule has 1 unspecified atom stereocenters. The number of nitrogens with zero attached hydrogens (tertiary/aromatic N) is 2. The summed E-state index contributed by atoms with van der Waals surface area (Å²) in [6, 6.07) is 11.4. The molecule has 6 nitrogen and oxygen atoms in total. The normalized spacial score (nSPS) is 20.2. The topological polar surface area (TPSA) is 73.8 Å². The molecule has 0 aliphatic carbocycles. The van der Waals surface area contributed by atoms with E-state index in [2.05, 4.69) is 46.5 Å². The van der Waals surface area contributed by atoms with Crippen molar-refractivity contribution >= 4 is 46.8 Å². The third-order valence-electron chi connectivity index (χ3n) is 6.69. The Hall–Kier alpha value is -2.42. The van der Waals surface area contributed by atoms with Crippen molar-refractivity contribution in [1.29, 1.82) is 0 Å². The highest BCUT2D eigenvalue weighted by Gasteiger charge is 2.38. The van der Waals surface area contributed by atoms with Crippen molar-refractivity contribution in [1.82, 2.24) is 15.5 Å². The Morgan fingerprint density at radius 2 is 1.92 bits per heavy atom. The number of nitrogens with one attached hydrogen (secondary N) is 2. The molecule has 1 fully saturated rings. The lowest BCUT2D eigenvalue weighted by Crippen LogP contribution is -2.55. The number of carbonyl (C=O) groups is 2.